The molecular weight excluding hydrogens is 250 g/mol. The van der Waals surface area contributed by atoms with E-state index in [1.807, 2.05) is 13.8 Å². The van der Waals surface area contributed by atoms with E-state index in [9.17, 15) is 9.59 Å². The highest BCUT2D eigenvalue weighted by molar-refractivity contribution is 7.11. The number of piperazine rings is 1. The van der Waals surface area contributed by atoms with Crippen molar-refractivity contribution in [2.45, 2.75) is 39.8 Å². The lowest BCUT2D eigenvalue weighted by Crippen LogP contribution is -2.63. The summed E-state index contributed by atoms with van der Waals surface area (Å²) in [6.45, 7) is 7.95. The summed E-state index contributed by atoms with van der Waals surface area (Å²) in [5, 5.41) is 3.48. The van der Waals surface area contributed by atoms with Crippen molar-refractivity contribution >= 4 is 23.2 Å². The summed E-state index contributed by atoms with van der Waals surface area (Å²) in [7, 11) is 0. The van der Waals surface area contributed by atoms with Gasteiger partial charge in [0, 0.05) is 4.88 Å². The molecule has 1 fully saturated rings. The molecule has 1 aliphatic rings. The molecule has 1 saturated heterocycles. The normalized spacial score (nSPS) is 19.0. The zero-order valence-electron chi connectivity index (χ0n) is 11.0. The first-order valence-electron chi connectivity index (χ1n) is 5.84. The van der Waals surface area contributed by atoms with Crippen LogP contribution in [-0.2, 0) is 16.1 Å². The largest absolute Gasteiger partial charge is 0.345 e. The topological polar surface area (TPSA) is 62.3 Å². The van der Waals surface area contributed by atoms with Crippen LogP contribution in [0.4, 0.5) is 0 Å². The van der Waals surface area contributed by atoms with Crippen molar-refractivity contribution in [2.75, 3.05) is 6.54 Å². The molecule has 0 radical (unpaired) electrons. The minimum absolute atomic E-state index is 0.0647. The number of aryl methyl sites for hydroxylation is 2. The van der Waals surface area contributed by atoms with Crippen LogP contribution in [0.25, 0.3) is 0 Å². The van der Waals surface area contributed by atoms with Crippen LogP contribution < -0.4 is 5.32 Å². The first-order valence-corrected chi connectivity index (χ1v) is 6.65. The molecule has 0 atom stereocenters. The van der Waals surface area contributed by atoms with E-state index in [1.165, 1.54) is 0 Å². The van der Waals surface area contributed by atoms with E-state index in [2.05, 4.69) is 10.3 Å². The molecule has 0 bridgehead atoms. The van der Waals surface area contributed by atoms with Crippen LogP contribution in [-0.4, -0.2) is 33.8 Å². The van der Waals surface area contributed by atoms with Crippen molar-refractivity contribution in [1.29, 1.82) is 0 Å². The van der Waals surface area contributed by atoms with Gasteiger partial charge in [0.1, 0.15) is 10.5 Å². The minimum Gasteiger partial charge on any atom is -0.345 e. The highest BCUT2D eigenvalue weighted by Gasteiger charge is 2.41. The number of hydrogen-bond acceptors (Lipinski definition) is 4. The summed E-state index contributed by atoms with van der Waals surface area (Å²) >= 11 is 1.58. The van der Waals surface area contributed by atoms with E-state index in [0.29, 0.717) is 6.54 Å². The molecule has 2 rings (SSSR count). The maximum absolute atomic E-state index is 11.9. The Labute approximate surface area is 110 Å². The second-order valence-corrected chi connectivity index (χ2v) is 6.26. The van der Waals surface area contributed by atoms with E-state index >= 15 is 0 Å². The quantitative estimate of drug-likeness (QED) is 0.869. The summed E-state index contributed by atoms with van der Waals surface area (Å²) < 4.78 is 0. The number of thiazole rings is 1. The zero-order chi connectivity index (χ0) is 13.5. The van der Waals surface area contributed by atoms with Crippen LogP contribution in [0.2, 0.25) is 0 Å². The third-order valence-corrected chi connectivity index (χ3v) is 4.36. The van der Waals surface area contributed by atoms with Gasteiger partial charge in [0.25, 0.3) is 0 Å². The molecule has 5 nitrogen and oxygen atoms in total. The van der Waals surface area contributed by atoms with Gasteiger partial charge in [0.05, 0.1) is 18.8 Å². The molecular formula is C12H17N3O2S. The van der Waals surface area contributed by atoms with E-state index in [0.717, 1.165) is 15.6 Å². The maximum Gasteiger partial charge on any atom is 0.245 e. The third kappa shape index (κ3) is 2.12. The van der Waals surface area contributed by atoms with Crippen molar-refractivity contribution in [1.82, 2.24) is 15.2 Å². The van der Waals surface area contributed by atoms with Crippen molar-refractivity contribution in [3.63, 3.8) is 0 Å². The van der Waals surface area contributed by atoms with Gasteiger partial charge in [-0.2, -0.15) is 0 Å². The van der Waals surface area contributed by atoms with Gasteiger partial charge in [-0.1, -0.05) is 0 Å². The van der Waals surface area contributed by atoms with E-state index in [-0.39, 0.29) is 18.4 Å². The summed E-state index contributed by atoms with van der Waals surface area (Å²) in [5.74, 6) is -0.183. The van der Waals surface area contributed by atoms with Gasteiger partial charge in [-0.25, -0.2) is 4.98 Å². The van der Waals surface area contributed by atoms with Gasteiger partial charge in [-0.3, -0.25) is 9.59 Å². The Morgan fingerprint density at radius 1 is 1.39 bits per heavy atom. The first-order chi connectivity index (χ1) is 8.32. The van der Waals surface area contributed by atoms with Gasteiger partial charge < -0.3 is 10.2 Å². The van der Waals surface area contributed by atoms with Crippen molar-refractivity contribution in [2.24, 2.45) is 0 Å². The number of rotatable bonds is 2. The Balaban J connectivity index is 2.25. The lowest BCUT2D eigenvalue weighted by molar-refractivity contribution is -0.152. The van der Waals surface area contributed by atoms with Gasteiger partial charge in [-0.15, -0.1) is 11.3 Å². The van der Waals surface area contributed by atoms with Crippen molar-refractivity contribution in [3.8, 4) is 0 Å². The Bertz CT molecular complexity index is 488. The second kappa shape index (κ2) is 4.35. The fourth-order valence-corrected chi connectivity index (χ4v) is 2.85. The molecule has 98 valence electrons. The number of nitrogens with zero attached hydrogens (tertiary/aromatic N) is 2. The van der Waals surface area contributed by atoms with Crippen LogP contribution in [0.5, 0.6) is 0 Å². The predicted molar refractivity (Wildman–Crippen MR) is 69.2 cm³/mol. The fraction of sp³-hybridized carbons (Fsp3) is 0.583. The smallest absolute Gasteiger partial charge is 0.245 e. The van der Waals surface area contributed by atoms with Gasteiger partial charge >= 0.3 is 0 Å². The van der Waals surface area contributed by atoms with E-state index < -0.39 is 5.54 Å². The number of nitrogens with one attached hydrogen (secondary N) is 1. The van der Waals surface area contributed by atoms with Crippen molar-refractivity contribution in [3.05, 3.63) is 15.6 Å². The van der Waals surface area contributed by atoms with Gasteiger partial charge in [0.2, 0.25) is 11.8 Å². The van der Waals surface area contributed by atoms with Crippen LogP contribution in [0.3, 0.4) is 0 Å². The molecule has 0 saturated carbocycles. The molecule has 0 spiro atoms. The molecule has 0 aliphatic carbocycles. The molecule has 2 amide bonds. The average molecular weight is 267 g/mol. The molecule has 6 heteroatoms. The summed E-state index contributed by atoms with van der Waals surface area (Å²) in [6, 6.07) is 0. The fourth-order valence-electron chi connectivity index (χ4n) is 1.93. The highest BCUT2D eigenvalue weighted by Crippen LogP contribution is 2.24. The van der Waals surface area contributed by atoms with Gasteiger partial charge in [-0.05, 0) is 27.7 Å². The molecule has 0 unspecified atom stereocenters. The highest BCUT2D eigenvalue weighted by atomic mass is 32.1. The van der Waals surface area contributed by atoms with Crippen molar-refractivity contribution < 1.29 is 9.59 Å². The summed E-state index contributed by atoms with van der Waals surface area (Å²) in [4.78, 5) is 30.9. The number of aromatic nitrogens is 1. The third-order valence-electron chi connectivity index (χ3n) is 3.30. The molecule has 18 heavy (non-hydrogen) atoms. The van der Waals surface area contributed by atoms with Crippen LogP contribution in [0.15, 0.2) is 0 Å². The molecule has 1 aromatic rings. The number of carbonyl (C=O) groups is 2. The number of carbonyl (C=O) groups excluding carboxylic acids is 2. The Morgan fingerprint density at radius 3 is 2.61 bits per heavy atom. The van der Waals surface area contributed by atoms with Crippen LogP contribution >= 0.6 is 11.3 Å². The molecule has 1 aliphatic heterocycles. The summed E-state index contributed by atoms with van der Waals surface area (Å²) in [6.07, 6.45) is 0. The Hall–Kier alpha value is -1.43. The SMILES string of the molecule is Cc1nc(CN2C(=O)CNC(=O)C2(C)C)sc1C. The van der Waals surface area contributed by atoms with Crippen LogP contribution in [0.1, 0.15) is 29.4 Å². The number of amides is 2. The Morgan fingerprint density at radius 2 is 2.06 bits per heavy atom. The maximum atomic E-state index is 11.9. The van der Waals surface area contributed by atoms with Gasteiger partial charge in [0.15, 0.2) is 0 Å². The number of hydrogen-bond donors (Lipinski definition) is 1. The summed E-state index contributed by atoms with van der Waals surface area (Å²) in [5.41, 5.74) is 0.171. The molecule has 2 heterocycles. The first kappa shape index (κ1) is 13.0. The van der Waals surface area contributed by atoms with Crippen LogP contribution in [0, 0.1) is 13.8 Å². The monoisotopic (exact) mass is 267 g/mol. The zero-order valence-corrected chi connectivity index (χ0v) is 11.8. The second-order valence-electron chi connectivity index (χ2n) is 4.97. The molecule has 0 aromatic carbocycles. The molecule has 1 aromatic heterocycles. The lowest BCUT2D eigenvalue weighted by atomic mass is 9.99. The molecule has 1 N–H and O–H groups in total. The minimum atomic E-state index is -0.817. The Kier molecular flexibility index (Phi) is 3.14. The predicted octanol–water partition coefficient (Wildman–Crippen LogP) is 0.997. The standard InChI is InChI=1S/C12H17N3O2S/c1-7-8(2)18-9(14-7)6-15-10(16)5-13-11(17)12(15,3)4/h5-6H2,1-4H3,(H,13,17). The lowest BCUT2D eigenvalue weighted by Gasteiger charge is -2.40. The van der Waals surface area contributed by atoms with E-state index in [1.54, 1.807) is 30.1 Å². The van der Waals surface area contributed by atoms with E-state index in [4.69, 9.17) is 0 Å². The average Bonchev–Trinajstić information content (AvgIpc) is 2.60.